The number of carbonyl (C=O) groups is 1. The zero-order valence-corrected chi connectivity index (χ0v) is 16.7. The summed E-state index contributed by atoms with van der Waals surface area (Å²) >= 11 is 0. The standard InChI is InChI=1S/C26H24N2O2/c29-25(28-19-10-12-21(13-11-19)30-20-6-2-1-3-7-20)23-18-26(14-16-27-17-15-26)24-9-5-4-8-22(23)24/h1-13,18,27H,14-17H2,(H,28,29). The maximum atomic E-state index is 13.2. The Bertz CT molecular complexity index is 1080. The number of amides is 1. The largest absolute Gasteiger partial charge is 0.457 e. The average Bonchev–Trinajstić information content (AvgIpc) is 3.10. The summed E-state index contributed by atoms with van der Waals surface area (Å²) in [6.45, 7) is 1.95. The van der Waals surface area contributed by atoms with Crippen LogP contribution >= 0.6 is 0 Å². The van der Waals surface area contributed by atoms with Crippen LogP contribution in [0.15, 0.2) is 84.9 Å². The molecule has 150 valence electrons. The highest BCUT2D eigenvalue weighted by Gasteiger charge is 2.40. The quantitative estimate of drug-likeness (QED) is 0.642. The highest BCUT2D eigenvalue weighted by atomic mass is 16.5. The number of benzene rings is 3. The number of allylic oxidation sites excluding steroid dienone is 1. The fraction of sp³-hybridized carbons (Fsp3) is 0.192. The number of piperidine rings is 1. The molecule has 1 spiro atoms. The predicted octanol–water partition coefficient (Wildman–Crippen LogP) is 5.14. The van der Waals surface area contributed by atoms with E-state index in [1.54, 1.807) is 0 Å². The highest BCUT2D eigenvalue weighted by Crippen LogP contribution is 2.46. The Kier molecular flexibility index (Phi) is 4.85. The van der Waals surface area contributed by atoms with E-state index in [4.69, 9.17) is 4.74 Å². The first-order valence-electron chi connectivity index (χ1n) is 10.4. The number of fused-ring (bicyclic) bond motifs is 2. The number of carbonyl (C=O) groups excluding carboxylic acids is 1. The number of hydrogen-bond acceptors (Lipinski definition) is 3. The molecule has 0 atom stereocenters. The molecule has 1 aliphatic carbocycles. The van der Waals surface area contributed by atoms with Gasteiger partial charge in [0.1, 0.15) is 11.5 Å². The molecular formula is C26H24N2O2. The third kappa shape index (κ3) is 3.51. The Morgan fingerprint density at radius 3 is 2.27 bits per heavy atom. The van der Waals surface area contributed by atoms with Gasteiger partial charge in [-0.05, 0) is 73.5 Å². The van der Waals surface area contributed by atoms with Crippen molar-refractivity contribution in [3.63, 3.8) is 0 Å². The Hall–Kier alpha value is -3.37. The Balaban J connectivity index is 1.34. The topological polar surface area (TPSA) is 50.4 Å². The van der Waals surface area contributed by atoms with E-state index < -0.39 is 0 Å². The SMILES string of the molecule is O=C(Nc1ccc(Oc2ccccc2)cc1)C1=CC2(CCNCC2)c2ccccc21. The summed E-state index contributed by atoms with van der Waals surface area (Å²) < 4.78 is 5.83. The van der Waals surface area contributed by atoms with Gasteiger partial charge in [0.15, 0.2) is 0 Å². The van der Waals surface area contributed by atoms with Gasteiger partial charge in [0.05, 0.1) is 0 Å². The van der Waals surface area contributed by atoms with Gasteiger partial charge in [-0.1, -0.05) is 48.5 Å². The Labute approximate surface area is 176 Å². The average molecular weight is 396 g/mol. The molecule has 5 rings (SSSR count). The fourth-order valence-electron chi connectivity index (χ4n) is 4.49. The molecule has 30 heavy (non-hydrogen) atoms. The van der Waals surface area contributed by atoms with Crippen molar-refractivity contribution in [1.82, 2.24) is 5.32 Å². The van der Waals surface area contributed by atoms with E-state index >= 15 is 0 Å². The van der Waals surface area contributed by atoms with Crippen LogP contribution in [-0.4, -0.2) is 19.0 Å². The van der Waals surface area contributed by atoms with E-state index in [9.17, 15) is 4.79 Å². The summed E-state index contributed by atoms with van der Waals surface area (Å²) in [5, 5.41) is 6.49. The molecule has 0 saturated carbocycles. The van der Waals surface area contributed by atoms with Gasteiger partial charge < -0.3 is 15.4 Å². The molecule has 0 unspecified atom stereocenters. The first-order chi connectivity index (χ1) is 14.7. The predicted molar refractivity (Wildman–Crippen MR) is 120 cm³/mol. The second-order valence-corrected chi connectivity index (χ2v) is 7.90. The monoisotopic (exact) mass is 396 g/mol. The van der Waals surface area contributed by atoms with Crippen molar-refractivity contribution in [3.8, 4) is 11.5 Å². The molecule has 1 heterocycles. The van der Waals surface area contributed by atoms with E-state index in [1.807, 2.05) is 60.7 Å². The number of nitrogens with one attached hydrogen (secondary N) is 2. The molecule has 2 aliphatic rings. The summed E-state index contributed by atoms with van der Waals surface area (Å²) in [6.07, 6.45) is 4.24. The lowest BCUT2D eigenvalue weighted by atomic mass is 9.75. The third-order valence-corrected chi connectivity index (χ3v) is 6.01. The van der Waals surface area contributed by atoms with Crippen LogP contribution in [0.2, 0.25) is 0 Å². The van der Waals surface area contributed by atoms with Crippen LogP contribution in [-0.2, 0) is 10.2 Å². The minimum Gasteiger partial charge on any atom is -0.457 e. The van der Waals surface area contributed by atoms with Crippen LogP contribution in [0.1, 0.15) is 24.0 Å². The number of para-hydroxylation sites is 1. The van der Waals surface area contributed by atoms with Crippen molar-refractivity contribution in [3.05, 3.63) is 96.1 Å². The molecule has 1 fully saturated rings. The van der Waals surface area contributed by atoms with Crippen molar-refractivity contribution in [2.24, 2.45) is 0 Å². The van der Waals surface area contributed by atoms with Crippen molar-refractivity contribution in [1.29, 1.82) is 0 Å². The van der Waals surface area contributed by atoms with Crippen LogP contribution in [0.5, 0.6) is 11.5 Å². The third-order valence-electron chi connectivity index (χ3n) is 6.01. The molecule has 1 amide bonds. The van der Waals surface area contributed by atoms with Gasteiger partial charge >= 0.3 is 0 Å². The number of hydrogen-bond donors (Lipinski definition) is 2. The van der Waals surface area contributed by atoms with Crippen molar-refractivity contribution in [2.45, 2.75) is 18.3 Å². The molecule has 1 saturated heterocycles. The van der Waals surface area contributed by atoms with Gasteiger partial charge in [-0.3, -0.25) is 4.79 Å². The number of anilines is 1. The molecular weight excluding hydrogens is 372 g/mol. The smallest absolute Gasteiger partial charge is 0.255 e. The van der Waals surface area contributed by atoms with E-state index in [1.165, 1.54) is 5.56 Å². The van der Waals surface area contributed by atoms with Crippen LogP contribution in [0.3, 0.4) is 0 Å². The number of rotatable bonds is 4. The minimum atomic E-state index is -0.0606. The summed E-state index contributed by atoms with van der Waals surface area (Å²) in [5.74, 6) is 1.46. The molecule has 2 N–H and O–H groups in total. The van der Waals surface area contributed by atoms with Crippen molar-refractivity contribution < 1.29 is 9.53 Å². The van der Waals surface area contributed by atoms with Gasteiger partial charge in [0.25, 0.3) is 5.91 Å². The van der Waals surface area contributed by atoms with Gasteiger partial charge in [-0.15, -0.1) is 0 Å². The van der Waals surface area contributed by atoms with E-state index in [0.717, 1.165) is 54.3 Å². The van der Waals surface area contributed by atoms with Gasteiger partial charge in [0, 0.05) is 16.7 Å². The lowest BCUT2D eigenvalue weighted by Gasteiger charge is -2.33. The summed E-state index contributed by atoms with van der Waals surface area (Å²) in [7, 11) is 0. The molecule has 0 aromatic heterocycles. The zero-order valence-electron chi connectivity index (χ0n) is 16.7. The summed E-state index contributed by atoms with van der Waals surface area (Å²) in [5.41, 5.74) is 3.84. The zero-order chi connectivity index (χ0) is 20.4. The molecule has 4 heteroatoms. The summed E-state index contributed by atoms with van der Waals surface area (Å²) in [4.78, 5) is 13.2. The second-order valence-electron chi connectivity index (χ2n) is 7.90. The van der Waals surface area contributed by atoms with Crippen molar-refractivity contribution in [2.75, 3.05) is 18.4 Å². The lowest BCUT2D eigenvalue weighted by molar-refractivity contribution is -0.111. The van der Waals surface area contributed by atoms with E-state index in [2.05, 4.69) is 34.9 Å². The molecule has 0 radical (unpaired) electrons. The van der Waals surface area contributed by atoms with Crippen LogP contribution in [0.4, 0.5) is 5.69 Å². The Morgan fingerprint density at radius 1 is 0.833 bits per heavy atom. The molecule has 3 aromatic rings. The van der Waals surface area contributed by atoms with Gasteiger partial charge in [-0.2, -0.15) is 0 Å². The second kappa shape index (κ2) is 7.81. The van der Waals surface area contributed by atoms with Crippen LogP contribution in [0.25, 0.3) is 5.57 Å². The van der Waals surface area contributed by atoms with Gasteiger partial charge in [0.2, 0.25) is 0 Å². The number of ether oxygens (including phenoxy) is 1. The lowest BCUT2D eigenvalue weighted by Crippen LogP contribution is -2.37. The molecule has 3 aromatic carbocycles. The van der Waals surface area contributed by atoms with E-state index in [-0.39, 0.29) is 11.3 Å². The van der Waals surface area contributed by atoms with Crippen molar-refractivity contribution >= 4 is 17.2 Å². The maximum Gasteiger partial charge on any atom is 0.255 e. The van der Waals surface area contributed by atoms with Gasteiger partial charge in [-0.25, -0.2) is 0 Å². The molecule has 0 bridgehead atoms. The normalized spacial score (nSPS) is 16.6. The molecule has 4 nitrogen and oxygen atoms in total. The highest BCUT2D eigenvalue weighted by molar-refractivity contribution is 6.26. The van der Waals surface area contributed by atoms with Crippen LogP contribution in [0, 0.1) is 0 Å². The Morgan fingerprint density at radius 2 is 1.50 bits per heavy atom. The first kappa shape index (κ1) is 18.6. The minimum absolute atomic E-state index is 0.0259. The maximum absolute atomic E-state index is 13.2. The molecule has 1 aliphatic heterocycles. The van der Waals surface area contributed by atoms with E-state index in [0.29, 0.717) is 0 Å². The summed E-state index contributed by atoms with van der Waals surface area (Å²) in [6, 6.07) is 25.5. The first-order valence-corrected chi connectivity index (χ1v) is 10.4. The van der Waals surface area contributed by atoms with Crippen LogP contribution < -0.4 is 15.4 Å². The fourth-order valence-corrected chi connectivity index (χ4v) is 4.49.